The van der Waals surface area contributed by atoms with Gasteiger partial charge in [0.15, 0.2) is 0 Å². The van der Waals surface area contributed by atoms with E-state index in [0.717, 1.165) is 0 Å². The second-order valence-electron chi connectivity index (χ2n) is 4.29. The fourth-order valence-electron chi connectivity index (χ4n) is 1.17. The zero-order chi connectivity index (χ0) is 11.5. The van der Waals surface area contributed by atoms with Crippen molar-refractivity contribution in [3.63, 3.8) is 0 Å². The Bertz CT molecular complexity index is 379. The van der Waals surface area contributed by atoms with E-state index in [-0.39, 0.29) is 17.7 Å². The van der Waals surface area contributed by atoms with Crippen LogP contribution < -0.4 is 10.9 Å². The number of aliphatic hydroxyl groups is 1. The first-order chi connectivity index (χ1) is 6.95. The smallest absolute Gasteiger partial charge is 0.267 e. The molecule has 0 atom stereocenters. The lowest BCUT2D eigenvalue weighted by Crippen LogP contribution is -2.35. The van der Waals surface area contributed by atoms with Gasteiger partial charge in [-0.2, -0.15) is 5.10 Å². The molecular formula is C10H17N3O2. The molecule has 0 fully saturated rings. The lowest BCUT2D eigenvalue weighted by molar-refractivity contribution is 0.310. The van der Waals surface area contributed by atoms with E-state index in [9.17, 15) is 4.79 Å². The van der Waals surface area contributed by atoms with Crippen molar-refractivity contribution in [3.8, 4) is 0 Å². The van der Waals surface area contributed by atoms with E-state index in [4.69, 9.17) is 5.11 Å². The van der Waals surface area contributed by atoms with Gasteiger partial charge in [-0.1, -0.05) is 0 Å². The summed E-state index contributed by atoms with van der Waals surface area (Å²) in [6.07, 6.45) is 0. The average molecular weight is 211 g/mol. The van der Waals surface area contributed by atoms with E-state index in [1.54, 1.807) is 6.07 Å². The summed E-state index contributed by atoms with van der Waals surface area (Å²) in [7, 11) is 0. The summed E-state index contributed by atoms with van der Waals surface area (Å²) in [6, 6.07) is 3.08. The van der Waals surface area contributed by atoms with Gasteiger partial charge in [0, 0.05) is 12.6 Å². The molecule has 5 heteroatoms. The van der Waals surface area contributed by atoms with Gasteiger partial charge in [0.25, 0.3) is 5.56 Å². The zero-order valence-corrected chi connectivity index (χ0v) is 9.32. The molecule has 0 amide bonds. The minimum atomic E-state index is -0.339. The minimum absolute atomic E-state index is 0.0380. The molecule has 1 heterocycles. The summed E-state index contributed by atoms with van der Waals surface area (Å²) in [5.74, 6) is 0.596. The number of aliphatic hydroxyl groups excluding tert-OH is 1. The van der Waals surface area contributed by atoms with Crippen LogP contribution in [0.5, 0.6) is 0 Å². The Hall–Kier alpha value is -1.36. The van der Waals surface area contributed by atoms with Crippen molar-refractivity contribution in [2.45, 2.75) is 26.3 Å². The van der Waals surface area contributed by atoms with E-state index < -0.39 is 0 Å². The number of anilines is 1. The zero-order valence-electron chi connectivity index (χ0n) is 9.32. The highest BCUT2D eigenvalue weighted by atomic mass is 16.3. The Morgan fingerprint density at radius 2 is 2.13 bits per heavy atom. The Labute approximate surface area is 88.7 Å². The molecule has 1 aromatic heterocycles. The number of nitrogens with one attached hydrogen (secondary N) is 1. The van der Waals surface area contributed by atoms with Crippen molar-refractivity contribution >= 4 is 5.82 Å². The summed E-state index contributed by atoms with van der Waals surface area (Å²) in [5, 5.41) is 15.7. The maximum Gasteiger partial charge on any atom is 0.267 e. The molecule has 0 saturated carbocycles. The van der Waals surface area contributed by atoms with Gasteiger partial charge in [-0.15, -0.1) is 0 Å². The van der Waals surface area contributed by atoms with Crippen molar-refractivity contribution in [1.82, 2.24) is 9.78 Å². The molecule has 0 aromatic carbocycles. The average Bonchev–Trinajstić information content (AvgIpc) is 2.15. The van der Waals surface area contributed by atoms with E-state index in [1.807, 2.05) is 20.8 Å². The molecule has 0 bridgehead atoms. The third kappa shape index (κ3) is 3.06. The van der Waals surface area contributed by atoms with Gasteiger partial charge >= 0.3 is 0 Å². The molecule has 0 unspecified atom stereocenters. The molecule has 0 spiro atoms. The van der Waals surface area contributed by atoms with Crippen LogP contribution in [0.4, 0.5) is 5.82 Å². The fourth-order valence-corrected chi connectivity index (χ4v) is 1.17. The van der Waals surface area contributed by atoms with Crippen molar-refractivity contribution in [3.05, 3.63) is 22.5 Å². The van der Waals surface area contributed by atoms with Crippen LogP contribution in [0.1, 0.15) is 20.8 Å². The molecule has 15 heavy (non-hydrogen) atoms. The molecule has 0 aliphatic carbocycles. The minimum Gasteiger partial charge on any atom is -0.395 e. The molecule has 5 nitrogen and oxygen atoms in total. The fraction of sp³-hybridized carbons (Fsp3) is 0.600. The maximum atomic E-state index is 11.5. The topological polar surface area (TPSA) is 67.2 Å². The quantitative estimate of drug-likeness (QED) is 0.759. The summed E-state index contributed by atoms with van der Waals surface area (Å²) in [6.45, 7) is 6.21. The molecule has 84 valence electrons. The van der Waals surface area contributed by atoms with Crippen LogP contribution in [0.15, 0.2) is 16.9 Å². The number of hydrogen-bond donors (Lipinski definition) is 2. The van der Waals surface area contributed by atoms with Crippen LogP contribution in [-0.4, -0.2) is 28.0 Å². The van der Waals surface area contributed by atoms with Crippen LogP contribution in [0.3, 0.4) is 0 Å². The summed E-state index contributed by atoms with van der Waals surface area (Å²) < 4.78 is 1.42. The van der Waals surface area contributed by atoms with Gasteiger partial charge in [0.2, 0.25) is 0 Å². The van der Waals surface area contributed by atoms with Gasteiger partial charge in [0.1, 0.15) is 5.82 Å². The predicted octanol–water partition coefficient (Wildman–Crippen LogP) is 0.402. The Kier molecular flexibility index (Phi) is 3.47. The standard InChI is InChI=1S/C10H17N3O2/c1-10(2,3)13-9(15)5-4-8(12-13)11-6-7-14/h4-5,14H,6-7H2,1-3H3,(H,11,12). The Morgan fingerprint density at radius 3 is 2.67 bits per heavy atom. The summed E-state index contributed by atoms with van der Waals surface area (Å²) in [4.78, 5) is 11.5. The van der Waals surface area contributed by atoms with E-state index in [1.165, 1.54) is 10.7 Å². The summed E-state index contributed by atoms with van der Waals surface area (Å²) in [5.41, 5.74) is -0.467. The normalized spacial score (nSPS) is 11.5. The lowest BCUT2D eigenvalue weighted by atomic mass is 10.1. The second-order valence-corrected chi connectivity index (χ2v) is 4.29. The highest BCUT2D eigenvalue weighted by Crippen LogP contribution is 2.10. The molecule has 1 aromatic rings. The molecule has 0 saturated heterocycles. The van der Waals surface area contributed by atoms with Crippen LogP contribution >= 0.6 is 0 Å². The van der Waals surface area contributed by atoms with Crippen molar-refractivity contribution in [2.24, 2.45) is 0 Å². The first-order valence-electron chi connectivity index (χ1n) is 4.91. The number of nitrogens with zero attached hydrogens (tertiary/aromatic N) is 2. The van der Waals surface area contributed by atoms with E-state index in [2.05, 4.69) is 10.4 Å². The van der Waals surface area contributed by atoms with Crippen LogP contribution in [-0.2, 0) is 5.54 Å². The second kappa shape index (κ2) is 4.44. The van der Waals surface area contributed by atoms with Gasteiger partial charge in [-0.3, -0.25) is 4.79 Å². The Morgan fingerprint density at radius 1 is 1.47 bits per heavy atom. The molecular weight excluding hydrogens is 194 g/mol. The molecule has 0 radical (unpaired) electrons. The van der Waals surface area contributed by atoms with Crippen LogP contribution in [0.2, 0.25) is 0 Å². The Balaban J connectivity index is 3.01. The first-order valence-corrected chi connectivity index (χ1v) is 4.91. The SMILES string of the molecule is CC(C)(C)n1nc(NCCO)ccc1=O. The molecule has 0 aliphatic heterocycles. The number of rotatable bonds is 3. The largest absolute Gasteiger partial charge is 0.395 e. The van der Waals surface area contributed by atoms with Gasteiger partial charge < -0.3 is 10.4 Å². The molecule has 0 aliphatic rings. The molecule has 2 N–H and O–H groups in total. The van der Waals surface area contributed by atoms with E-state index in [0.29, 0.717) is 12.4 Å². The van der Waals surface area contributed by atoms with Crippen LogP contribution in [0, 0.1) is 0 Å². The number of aromatic nitrogens is 2. The van der Waals surface area contributed by atoms with Gasteiger partial charge in [-0.05, 0) is 26.8 Å². The monoisotopic (exact) mass is 211 g/mol. The third-order valence-electron chi connectivity index (χ3n) is 1.85. The third-order valence-corrected chi connectivity index (χ3v) is 1.85. The van der Waals surface area contributed by atoms with E-state index >= 15 is 0 Å². The van der Waals surface area contributed by atoms with Gasteiger partial charge in [0.05, 0.1) is 12.1 Å². The number of hydrogen-bond acceptors (Lipinski definition) is 4. The highest BCUT2D eigenvalue weighted by Gasteiger charge is 2.15. The predicted molar refractivity (Wildman–Crippen MR) is 59.1 cm³/mol. The summed E-state index contributed by atoms with van der Waals surface area (Å²) >= 11 is 0. The van der Waals surface area contributed by atoms with Gasteiger partial charge in [-0.25, -0.2) is 4.68 Å². The maximum absolute atomic E-state index is 11.5. The molecule has 1 rings (SSSR count). The highest BCUT2D eigenvalue weighted by molar-refractivity contribution is 5.31. The van der Waals surface area contributed by atoms with Crippen molar-refractivity contribution < 1.29 is 5.11 Å². The first kappa shape index (κ1) is 11.7. The van der Waals surface area contributed by atoms with Crippen molar-refractivity contribution in [1.29, 1.82) is 0 Å². The lowest BCUT2D eigenvalue weighted by Gasteiger charge is -2.21. The van der Waals surface area contributed by atoms with Crippen molar-refractivity contribution in [2.75, 3.05) is 18.5 Å². The van der Waals surface area contributed by atoms with Crippen LogP contribution in [0.25, 0.3) is 0 Å².